The highest BCUT2D eigenvalue weighted by molar-refractivity contribution is 9.10. The van der Waals surface area contributed by atoms with Crippen molar-refractivity contribution in [3.8, 4) is 0 Å². The van der Waals surface area contributed by atoms with Crippen molar-refractivity contribution in [1.82, 2.24) is 10.2 Å². The van der Waals surface area contributed by atoms with Crippen molar-refractivity contribution in [3.05, 3.63) is 64.1 Å². The van der Waals surface area contributed by atoms with Crippen molar-refractivity contribution in [3.63, 3.8) is 0 Å². The molecule has 2 amide bonds. The first-order chi connectivity index (χ1) is 13.8. The molecule has 0 heterocycles. The molecule has 0 unspecified atom stereocenters. The third-order valence-corrected chi connectivity index (χ3v) is 5.23. The molecule has 5 nitrogen and oxygen atoms in total. The van der Waals surface area contributed by atoms with Crippen LogP contribution in [0.15, 0.2) is 53.0 Å². The van der Waals surface area contributed by atoms with Gasteiger partial charge in [-0.05, 0) is 69.7 Å². The number of carbonyl (C=O) groups excluding carboxylic acids is 2. The number of hydrogen-bond acceptors (Lipinski definition) is 3. The van der Waals surface area contributed by atoms with Crippen LogP contribution >= 0.6 is 15.9 Å². The molecule has 2 aromatic rings. The van der Waals surface area contributed by atoms with Crippen molar-refractivity contribution in [2.75, 3.05) is 18.4 Å². The number of hydrogen-bond donors (Lipinski definition) is 2. The van der Waals surface area contributed by atoms with Crippen LogP contribution in [0.25, 0.3) is 0 Å². The van der Waals surface area contributed by atoms with E-state index in [9.17, 15) is 9.59 Å². The molecule has 0 spiro atoms. The Hall–Kier alpha value is -2.18. The number of amides is 2. The van der Waals surface area contributed by atoms with E-state index in [0.29, 0.717) is 36.3 Å². The van der Waals surface area contributed by atoms with Gasteiger partial charge < -0.3 is 10.6 Å². The fourth-order valence-electron chi connectivity index (χ4n) is 3.20. The maximum absolute atomic E-state index is 12.3. The topological polar surface area (TPSA) is 61.4 Å². The first kappa shape index (κ1) is 23.1. The summed E-state index contributed by atoms with van der Waals surface area (Å²) in [7, 11) is 0. The van der Waals surface area contributed by atoms with Gasteiger partial charge in [-0.2, -0.15) is 0 Å². The Morgan fingerprint density at radius 1 is 0.931 bits per heavy atom. The van der Waals surface area contributed by atoms with Crippen LogP contribution in [0, 0.1) is 0 Å². The summed E-state index contributed by atoms with van der Waals surface area (Å²) in [4.78, 5) is 26.8. The molecule has 2 N–H and O–H groups in total. The highest BCUT2D eigenvalue weighted by Crippen LogP contribution is 2.14. The lowest BCUT2D eigenvalue weighted by Crippen LogP contribution is -2.42. The van der Waals surface area contributed by atoms with Gasteiger partial charge in [-0.25, -0.2) is 0 Å². The van der Waals surface area contributed by atoms with Crippen LogP contribution in [-0.4, -0.2) is 41.9 Å². The Morgan fingerprint density at radius 3 is 2.07 bits per heavy atom. The second-order valence-corrected chi connectivity index (χ2v) is 8.53. The van der Waals surface area contributed by atoms with E-state index in [-0.39, 0.29) is 11.8 Å². The lowest BCUT2D eigenvalue weighted by atomic mass is 10.1. The first-order valence-electron chi connectivity index (χ1n) is 9.94. The van der Waals surface area contributed by atoms with Crippen LogP contribution in [0.4, 0.5) is 5.69 Å². The smallest absolute Gasteiger partial charge is 0.255 e. The minimum Gasteiger partial charge on any atom is -0.355 e. The molecule has 6 heteroatoms. The molecule has 2 rings (SSSR count). The molecule has 0 aliphatic rings. The van der Waals surface area contributed by atoms with Gasteiger partial charge in [-0.15, -0.1) is 0 Å². The lowest BCUT2D eigenvalue weighted by molar-refractivity contribution is -0.120. The van der Waals surface area contributed by atoms with Gasteiger partial charge >= 0.3 is 0 Å². The van der Waals surface area contributed by atoms with Crippen LogP contribution in [0.3, 0.4) is 0 Å². The van der Waals surface area contributed by atoms with Crippen LogP contribution in [0.1, 0.15) is 43.6 Å². The SMILES string of the molecule is CC(C)N(CCNC(=O)Cc1ccc(NC(=O)c2ccc(Br)cc2)cc1)C(C)C. The number of nitrogens with one attached hydrogen (secondary N) is 2. The molecule has 0 aliphatic carbocycles. The molecule has 29 heavy (non-hydrogen) atoms. The van der Waals surface area contributed by atoms with Crippen molar-refractivity contribution in [2.45, 2.75) is 46.2 Å². The van der Waals surface area contributed by atoms with Gasteiger partial charge in [0.25, 0.3) is 5.91 Å². The minimum atomic E-state index is -0.164. The summed E-state index contributed by atoms with van der Waals surface area (Å²) >= 11 is 3.36. The molecule has 0 fully saturated rings. The predicted molar refractivity (Wildman–Crippen MR) is 122 cm³/mol. The Balaban J connectivity index is 1.81. The van der Waals surface area contributed by atoms with E-state index in [1.54, 1.807) is 12.1 Å². The first-order valence-corrected chi connectivity index (χ1v) is 10.7. The van der Waals surface area contributed by atoms with E-state index in [0.717, 1.165) is 16.6 Å². The van der Waals surface area contributed by atoms with E-state index in [1.807, 2.05) is 36.4 Å². The largest absolute Gasteiger partial charge is 0.355 e. The third-order valence-electron chi connectivity index (χ3n) is 4.70. The zero-order chi connectivity index (χ0) is 21.4. The van der Waals surface area contributed by atoms with Crippen molar-refractivity contribution < 1.29 is 9.59 Å². The number of nitrogens with zero attached hydrogens (tertiary/aromatic N) is 1. The third kappa shape index (κ3) is 7.63. The van der Waals surface area contributed by atoms with Gasteiger partial charge in [0.05, 0.1) is 6.42 Å². The monoisotopic (exact) mass is 459 g/mol. The maximum atomic E-state index is 12.3. The zero-order valence-electron chi connectivity index (χ0n) is 17.5. The number of benzene rings is 2. The average Bonchev–Trinajstić information content (AvgIpc) is 2.66. The molecule has 156 valence electrons. The van der Waals surface area contributed by atoms with Gasteiger partial charge in [0.1, 0.15) is 0 Å². The Bertz CT molecular complexity index is 794. The minimum absolute atomic E-state index is 0.00381. The van der Waals surface area contributed by atoms with E-state index >= 15 is 0 Å². The van der Waals surface area contributed by atoms with Crippen LogP contribution in [-0.2, 0) is 11.2 Å². The average molecular weight is 460 g/mol. The fraction of sp³-hybridized carbons (Fsp3) is 0.391. The van der Waals surface area contributed by atoms with E-state index in [2.05, 4.69) is 59.2 Å². The Morgan fingerprint density at radius 2 is 1.52 bits per heavy atom. The summed E-state index contributed by atoms with van der Waals surface area (Å²) in [5.41, 5.74) is 2.20. The van der Waals surface area contributed by atoms with E-state index in [1.165, 1.54) is 0 Å². The fourth-order valence-corrected chi connectivity index (χ4v) is 3.46. The standard InChI is InChI=1S/C23H30BrN3O2/c1-16(2)27(17(3)4)14-13-25-22(28)15-18-5-11-21(12-6-18)26-23(29)19-7-9-20(24)10-8-19/h5-12,16-17H,13-15H2,1-4H3,(H,25,28)(H,26,29). The van der Waals surface area contributed by atoms with E-state index in [4.69, 9.17) is 0 Å². The lowest BCUT2D eigenvalue weighted by Gasteiger charge is -2.30. The van der Waals surface area contributed by atoms with Crippen LogP contribution in [0.5, 0.6) is 0 Å². The molecule has 0 saturated heterocycles. The summed E-state index contributed by atoms with van der Waals surface area (Å²) in [6.07, 6.45) is 0.324. The highest BCUT2D eigenvalue weighted by atomic mass is 79.9. The zero-order valence-corrected chi connectivity index (χ0v) is 19.1. The predicted octanol–water partition coefficient (Wildman–Crippen LogP) is 4.48. The molecular formula is C23H30BrN3O2. The van der Waals surface area contributed by atoms with E-state index < -0.39 is 0 Å². The molecular weight excluding hydrogens is 430 g/mol. The molecule has 0 aliphatic heterocycles. The Labute approximate surface area is 182 Å². The number of carbonyl (C=O) groups is 2. The van der Waals surface area contributed by atoms with Gasteiger partial charge in [-0.3, -0.25) is 14.5 Å². The number of anilines is 1. The van der Waals surface area contributed by atoms with Crippen molar-refractivity contribution in [2.24, 2.45) is 0 Å². The van der Waals surface area contributed by atoms with Crippen LogP contribution < -0.4 is 10.6 Å². The summed E-state index contributed by atoms with van der Waals surface area (Å²) in [5, 5.41) is 5.86. The molecule has 0 atom stereocenters. The molecule has 0 radical (unpaired) electrons. The molecule has 2 aromatic carbocycles. The van der Waals surface area contributed by atoms with Gasteiger partial charge in [-0.1, -0.05) is 28.1 Å². The van der Waals surface area contributed by atoms with Crippen molar-refractivity contribution >= 4 is 33.4 Å². The van der Waals surface area contributed by atoms with Gasteiger partial charge in [0.2, 0.25) is 5.91 Å². The molecule has 0 saturated carbocycles. The van der Waals surface area contributed by atoms with Gasteiger partial charge in [0, 0.05) is 40.9 Å². The summed E-state index contributed by atoms with van der Waals surface area (Å²) < 4.78 is 0.929. The van der Waals surface area contributed by atoms with Crippen molar-refractivity contribution in [1.29, 1.82) is 0 Å². The second kappa shape index (κ2) is 11.1. The Kier molecular flexibility index (Phi) is 8.86. The molecule has 0 bridgehead atoms. The highest BCUT2D eigenvalue weighted by Gasteiger charge is 2.13. The maximum Gasteiger partial charge on any atom is 0.255 e. The quantitative estimate of drug-likeness (QED) is 0.580. The van der Waals surface area contributed by atoms with Crippen LogP contribution in [0.2, 0.25) is 0 Å². The number of halogens is 1. The second-order valence-electron chi connectivity index (χ2n) is 7.61. The summed E-state index contributed by atoms with van der Waals surface area (Å²) in [5.74, 6) is -0.160. The molecule has 0 aromatic heterocycles. The summed E-state index contributed by atoms with van der Waals surface area (Å²) in [6.45, 7) is 10.1. The normalized spacial score (nSPS) is 11.2. The van der Waals surface area contributed by atoms with Gasteiger partial charge in [0.15, 0.2) is 0 Å². The summed E-state index contributed by atoms with van der Waals surface area (Å²) in [6, 6.07) is 15.5. The number of rotatable bonds is 9.